The first-order valence-electron chi connectivity index (χ1n) is 6.44. The van der Waals surface area contributed by atoms with Crippen molar-refractivity contribution < 1.29 is 4.92 Å². The van der Waals surface area contributed by atoms with Crippen molar-refractivity contribution >= 4 is 22.7 Å². The molecule has 0 unspecified atom stereocenters. The molecule has 0 aliphatic rings. The molecule has 1 aromatic carbocycles. The summed E-state index contributed by atoms with van der Waals surface area (Å²) >= 11 is 0. The molecular formula is C13H18N4O2. The third-order valence-electron chi connectivity index (χ3n) is 2.93. The number of nitro groups is 1. The number of nitrogens with zero attached hydrogens (tertiary/aromatic N) is 2. The molecule has 0 aliphatic carbocycles. The predicted molar refractivity (Wildman–Crippen MR) is 75.3 cm³/mol. The number of anilines is 1. The number of hydrogen-bond donors (Lipinski definition) is 2. The van der Waals surface area contributed by atoms with Gasteiger partial charge in [-0.25, -0.2) is 4.98 Å². The zero-order valence-corrected chi connectivity index (χ0v) is 11.1. The van der Waals surface area contributed by atoms with E-state index in [2.05, 4.69) is 29.1 Å². The van der Waals surface area contributed by atoms with E-state index in [4.69, 9.17) is 0 Å². The number of aromatic amines is 1. The van der Waals surface area contributed by atoms with Gasteiger partial charge in [-0.3, -0.25) is 10.1 Å². The average molecular weight is 262 g/mol. The Morgan fingerprint density at radius 2 is 2.26 bits per heavy atom. The molecule has 19 heavy (non-hydrogen) atoms. The maximum absolute atomic E-state index is 10.7. The highest BCUT2D eigenvalue weighted by molar-refractivity contribution is 5.79. The molecule has 0 bridgehead atoms. The van der Waals surface area contributed by atoms with Crippen molar-refractivity contribution in [1.29, 1.82) is 0 Å². The van der Waals surface area contributed by atoms with Crippen LogP contribution in [0.3, 0.4) is 0 Å². The molecule has 2 aromatic rings. The molecule has 0 atom stereocenters. The summed E-state index contributed by atoms with van der Waals surface area (Å²) in [4.78, 5) is 17.7. The molecular weight excluding hydrogens is 244 g/mol. The van der Waals surface area contributed by atoms with E-state index in [9.17, 15) is 10.1 Å². The molecule has 0 aliphatic heterocycles. The van der Waals surface area contributed by atoms with E-state index in [0.717, 1.165) is 18.5 Å². The Morgan fingerprint density at radius 3 is 2.95 bits per heavy atom. The third-order valence-corrected chi connectivity index (χ3v) is 2.93. The summed E-state index contributed by atoms with van der Waals surface area (Å²) in [6.45, 7) is 5.24. The second-order valence-electron chi connectivity index (χ2n) is 5.01. The molecule has 0 saturated heterocycles. The van der Waals surface area contributed by atoms with Crippen LogP contribution < -0.4 is 5.32 Å². The zero-order chi connectivity index (χ0) is 13.8. The molecule has 1 heterocycles. The van der Waals surface area contributed by atoms with E-state index >= 15 is 0 Å². The standard InChI is InChI=1S/C13H18N4O2/c1-9(2)4-3-7-14-13-15-11-6-5-10(17(18)19)8-12(11)16-13/h5-6,8-9H,3-4,7H2,1-2H3,(H2,14,15,16). The van der Waals surface area contributed by atoms with E-state index in [1.165, 1.54) is 18.6 Å². The maximum Gasteiger partial charge on any atom is 0.271 e. The van der Waals surface area contributed by atoms with Crippen molar-refractivity contribution in [2.75, 3.05) is 11.9 Å². The van der Waals surface area contributed by atoms with E-state index in [1.807, 2.05) is 0 Å². The van der Waals surface area contributed by atoms with Gasteiger partial charge >= 0.3 is 0 Å². The Kier molecular flexibility index (Phi) is 3.99. The van der Waals surface area contributed by atoms with Gasteiger partial charge < -0.3 is 10.3 Å². The Labute approximate surface area is 111 Å². The number of aromatic nitrogens is 2. The molecule has 2 rings (SSSR count). The highest BCUT2D eigenvalue weighted by Crippen LogP contribution is 2.20. The lowest BCUT2D eigenvalue weighted by atomic mass is 10.1. The minimum Gasteiger partial charge on any atom is -0.356 e. The summed E-state index contributed by atoms with van der Waals surface area (Å²) < 4.78 is 0. The lowest BCUT2D eigenvalue weighted by Gasteiger charge is -2.04. The number of imidazole rings is 1. The van der Waals surface area contributed by atoms with Gasteiger partial charge in [-0.1, -0.05) is 13.8 Å². The van der Waals surface area contributed by atoms with E-state index in [0.29, 0.717) is 17.4 Å². The Balaban J connectivity index is 2.03. The van der Waals surface area contributed by atoms with Crippen LogP contribution >= 0.6 is 0 Å². The number of fused-ring (bicyclic) bond motifs is 1. The van der Waals surface area contributed by atoms with Gasteiger partial charge in [0.2, 0.25) is 5.95 Å². The van der Waals surface area contributed by atoms with Gasteiger partial charge in [0.25, 0.3) is 5.69 Å². The second kappa shape index (κ2) is 5.69. The molecule has 102 valence electrons. The number of non-ortho nitro benzene ring substituents is 1. The van der Waals surface area contributed by atoms with E-state index in [1.54, 1.807) is 6.07 Å². The minimum atomic E-state index is -0.407. The minimum absolute atomic E-state index is 0.0718. The number of benzene rings is 1. The average Bonchev–Trinajstić information content (AvgIpc) is 2.75. The summed E-state index contributed by atoms with van der Waals surface area (Å²) in [5.41, 5.74) is 1.49. The van der Waals surface area contributed by atoms with Gasteiger partial charge in [-0.2, -0.15) is 0 Å². The van der Waals surface area contributed by atoms with Gasteiger partial charge in [-0.15, -0.1) is 0 Å². The van der Waals surface area contributed by atoms with Crippen molar-refractivity contribution in [1.82, 2.24) is 9.97 Å². The number of nitrogens with one attached hydrogen (secondary N) is 2. The molecule has 1 aromatic heterocycles. The summed E-state index contributed by atoms with van der Waals surface area (Å²) in [7, 11) is 0. The lowest BCUT2D eigenvalue weighted by molar-refractivity contribution is -0.384. The van der Waals surface area contributed by atoms with Crippen LogP contribution in [-0.4, -0.2) is 21.4 Å². The SMILES string of the molecule is CC(C)CCCNc1nc2ccc([N+](=O)[O-])cc2[nH]1. The second-order valence-corrected chi connectivity index (χ2v) is 5.01. The summed E-state index contributed by atoms with van der Waals surface area (Å²) in [5.74, 6) is 1.36. The van der Waals surface area contributed by atoms with Crippen LogP contribution in [0.5, 0.6) is 0 Å². The van der Waals surface area contributed by atoms with Crippen LogP contribution in [0.1, 0.15) is 26.7 Å². The van der Waals surface area contributed by atoms with Gasteiger partial charge in [0, 0.05) is 18.7 Å². The monoisotopic (exact) mass is 262 g/mol. The van der Waals surface area contributed by atoms with Crippen LogP contribution in [0.4, 0.5) is 11.6 Å². The highest BCUT2D eigenvalue weighted by atomic mass is 16.6. The molecule has 0 saturated carbocycles. The van der Waals surface area contributed by atoms with Gasteiger partial charge in [0.05, 0.1) is 16.0 Å². The van der Waals surface area contributed by atoms with Crippen molar-refractivity contribution in [3.63, 3.8) is 0 Å². The first-order valence-corrected chi connectivity index (χ1v) is 6.44. The number of rotatable bonds is 6. The third kappa shape index (κ3) is 3.43. The van der Waals surface area contributed by atoms with Crippen molar-refractivity contribution in [3.8, 4) is 0 Å². The summed E-state index contributed by atoms with van der Waals surface area (Å²) in [5, 5.41) is 13.9. The van der Waals surface area contributed by atoms with E-state index in [-0.39, 0.29) is 5.69 Å². The van der Waals surface area contributed by atoms with Gasteiger partial charge in [0.15, 0.2) is 0 Å². The smallest absolute Gasteiger partial charge is 0.271 e. The highest BCUT2D eigenvalue weighted by Gasteiger charge is 2.09. The Bertz CT molecular complexity index is 577. The van der Waals surface area contributed by atoms with E-state index < -0.39 is 4.92 Å². The fraction of sp³-hybridized carbons (Fsp3) is 0.462. The fourth-order valence-corrected chi connectivity index (χ4v) is 1.91. The number of hydrogen-bond acceptors (Lipinski definition) is 4. The summed E-state index contributed by atoms with van der Waals surface area (Å²) in [6, 6.07) is 4.62. The zero-order valence-electron chi connectivity index (χ0n) is 11.1. The van der Waals surface area contributed by atoms with Crippen molar-refractivity contribution in [3.05, 3.63) is 28.3 Å². The number of nitro benzene ring substituents is 1. The maximum atomic E-state index is 10.7. The van der Waals surface area contributed by atoms with Crippen LogP contribution in [0.2, 0.25) is 0 Å². The lowest BCUT2D eigenvalue weighted by Crippen LogP contribution is -2.04. The first-order chi connectivity index (χ1) is 9.06. The molecule has 0 fully saturated rings. The van der Waals surface area contributed by atoms with Crippen molar-refractivity contribution in [2.24, 2.45) is 5.92 Å². The topological polar surface area (TPSA) is 83.8 Å². The molecule has 0 spiro atoms. The molecule has 0 radical (unpaired) electrons. The summed E-state index contributed by atoms with van der Waals surface area (Å²) in [6.07, 6.45) is 2.24. The molecule has 6 nitrogen and oxygen atoms in total. The van der Waals surface area contributed by atoms with Crippen LogP contribution in [0, 0.1) is 16.0 Å². The van der Waals surface area contributed by atoms with Gasteiger partial charge in [0.1, 0.15) is 0 Å². The fourth-order valence-electron chi connectivity index (χ4n) is 1.91. The van der Waals surface area contributed by atoms with Crippen LogP contribution in [0.15, 0.2) is 18.2 Å². The van der Waals surface area contributed by atoms with Crippen molar-refractivity contribution in [2.45, 2.75) is 26.7 Å². The molecule has 2 N–H and O–H groups in total. The Morgan fingerprint density at radius 1 is 1.47 bits per heavy atom. The molecule has 0 amide bonds. The number of H-pyrrole nitrogens is 1. The quantitative estimate of drug-likeness (QED) is 0.475. The van der Waals surface area contributed by atoms with Crippen LogP contribution in [-0.2, 0) is 0 Å². The Hall–Kier alpha value is -2.11. The normalized spacial score (nSPS) is 11.1. The van der Waals surface area contributed by atoms with Crippen LogP contribution in [0.25, 0.3) is 11.0 Å². The predicted octanol–water partition coefficient (Wildman–Crippen LogP) is 3.32. The first kappa shape index (κ1) is 13.3. The largest absolute Gasteiger partial charge is 0.356 e. The molecule has 6 heteroatoms. The van der Waals surface area contributed by atoms with Gasteiger partial charge in [-0.05, 0) is 24.8 Å².